The van der Waals surface area contributed by atoms with Gasteiger partial charge in [-0.05, 0) is 6.07 Å². The lowest BCUT2D eigenvalue weighted by molar-refractivity contribution is 0.0390. The molecule has 1 aromatic carbocycles. The van der Waals surface area contributed by atoms with Gasteiger partial charge in [0.15, 0.2) is 6.23 Å². The topological polar surface area (TPSA) is 24.8 Å². The zero-order valence-electron chi connectivity index (χ0n) is 7.18. The van der Waals surface area contributed by atoms with E-state index in [1.54, 1.807) is 0 Å². The van der Waals surface area contributed by atoms with Gasteiger partial charge in [0.1, 0.15) is 0 Å². The van der Waals surface area contributed by atoms with Crippen molar-refractivity contribution in [3.63, 3.8) is 0 Å². The van der Waals surface area contributed by atoms with E-state index in [0.717, 1.165) is 6.42 Å². The highest BCUT2D eigenvalue weighted by molar-refractivity contribution is 5.68. The molecule has 2 aliphatic rings. The monoisotopic (exact) mass is 174 g/mol. The van der Waals surface area contributed by atoms with Gasteiger partial charge in [0, 0.05) is 18.2 Å². The lowest BCUT2D eigenvalue weighted by atomic mass is 10.1. The third kappa shape index (κ3) is 0.971. The minimum absolute atomic E-state index is 0.134. The number of benzene rings is 1. The minimum Gasteiger partial charge on any atom is -0.351 e. The average molecular weight is 174 g/mol. The van der Waals surface area contributed by atoms with Gasteiger partial charge in [-0.3, -0.25) is 0 Å². The van der Waals surface area contributed by atoms with Gasteiger partial charge in [-0.25, -0.2) is 5.01 Å². The van der Waals surface area contributed by atoms with Crippen molar-refractivity contribution in [1.82, 2.24) is 0 Å². The predicted molar refractivity (Wildman–Crippen MR) is 50.6 cm³/mol. The third-order valence-corrected chi connectivity index (χ3v) is 2.46. The maximum atomic E-state index is 5.63. The van der Waals surface area contributed by atoms with Crippen molar-refractivity contribution in [2.24, 2.45) is 5.10 Å². The van der Waals surface area contributed by atoms with E-state index in [4.69, 9.17) is 4.74 Å². The maximum Gasteiger partial charge on any atom is 0.156 e. The zero-order valence-corrected chi connectivity index (χ0v) is 7.18. The number of ether oxygens (including phenoxy) is 1. The summed E-state index contributed by atoms with van der Waals surface area (Å²) in [5.41, 5.74) is 2.41. The molecule has 0 saturated carbocycles. The van der Waals surface area contributed by atoms with Crippen LogP contribution in [0.4, 0.5) is 5.69 Å². The van der Waals surface area contributed by atoms with E-state index in [-0.39, 0.29) is 6.23 Å². The Balaban J connectivity index is 2.10. The maximum absolute atomic E-state index is 5.63. The number of rotatable bonds is 0. The molecule has 1 aromatic rings. The number of hydrazone groups is 1. The van der Waals surface area contributed by atoms with Crippen LogP contribution >= 0.6 is 0 Å². The molecule has 2 aliphatic heterocycles. The fraction of sp³-hybridized carbons (Fsp3) is 0.300. The summed E-state index contributed by atoms with van der Waals surface area (Å²) in [5.74, 6) is 0. The van der Waals surface area contributed by atoms with E-state index < -0.39 is 0 Å². The number of anilines is 1. The molecule has 2 heterocycles. The van der Waals surface area contributed by atoms with Gasteiger partial charge in [-0.2, -0.15) is 5.10 Å². The highest BCUT2D eigenvalue weighted by atomic mass is 16.5. The molecule has 0 bridgehead atoms. The second-order valence-corrected chi connectivity index (χ2v) is 3.27. The molecule has 1 unspecified atom stereocenters. The van der Waals surface area contributed by atoms with Crippen molar-refractivity contribution in [2.75, 3.05) is 5.01 Å². The molecule has 13 heavy (non-hydrogen) atoms. The van der Waals surface area contributed by atoms with E-state index in [9.17, 15) is 0 Å². The Morgan fingerprint density at radius 3 is 3.31 bits per heavy atom. The molecule has 0 amide bonds. The molecule has 0 spiro atoms. The molecular weight excluding hydrogens is 164 g/mol. The summed E-state index contributed by atoms with van der Waals surface area (Å²) in [7, 11) is 0. The Hall–Kier alpha value is -1.35. The fourth-order valence-corrected chi connectivity index (χ4v) is 1.80. The molecule has 0 radical (unpaired) electrons. The van der Waals surface area contributed by atoms with E-state index in [0.29, 0.717) is 6.61 Å². The Bertz CT molecular complexity index is 362. The summed E-state index contributed by atoms with van der Waals surface area (Å²) < 4.78 is 5.63. The molecule has 0 aromatic heterocycles. The summed E-state index contributed by atoms with van der Waals surface area (Å²) >= 11 is 0. The van der Waals surface area contributed by atoms with Gasteiger partial charge in [0.2, 0.25) is 0 Å². The summed E-state index contributed by atoms with van der Waals surface area (Å²) in [6, 6.07) is 8.24. The van der Waals surface area contributed by atoms with Gasteiger partial charge >= 0.3 is 0 Å². The normalized spacial score (nSPS) is 24.3. The van der Waals surface area contributed by atoms with Crippen molar-refractivity contribution in [3.05, 3.63) is 29.8 Å². The molecule has 0 saturated heterocycles. The second kappa shape index (κ2) is 2.57. The SMILES string of the molecule is C1=NN2c3ccccc3COC2C1. The average Bonchev–Trinajstić information content (AvgIpc) is 2.65. The first-order chi connectivity index (χ1) is 6.45. The molecule has 0 aliphatic carbocycles. The first kappa shape index (κ1) is 7.09. The van der Waals surface area contributed by atoms with Crippen LogP contribution in [0.2, 0.25) is 0 Å². The molecule has 3 rings (SSSR count). The second-order valence-electron chi connectivity index (χ2n) is 3.27. The summed E-state index contributed by atoms with van der Waals surface area (Å²) in [4.78, 5) is 0. The van der Waals surface area contributed by atoms with Crippen molar-refractivity contribution in [2.45, 2.75) is 19.3 Å². The Morgan fingerprint density at radius 1 is 1.38 bits per heavy atom. The molecule has 0 fully saturated rings. The highest BCUT2D eigenvalue weighted by Crippen LogP contribution is 2.31. The Kier molecular flexibility index (Phi) is 1.40. The fourth-order valence-electron chi connectivity index (χ4n) is 1.80. The predicted octanol–water partition coefficient (Wildman–Crippen LogP) is 1.74. The molecular formula is C10H10N2O. The summed E-state index contributed by atoms with van der Waals surface area (Å²) in [5, 5.41) is 6.24. The number of fused-ring (bicyclic) bond motifs is 3. The lowest BCUT2D eigenvalue weighted by Gasteiger charge is -2.30. The Morgan fingerprint density at radius 2 is 2.31 bits per heavy atom. The third-order valence-electron chi connectivity index (χ3n) is 2.46. The van der Waals surface area contributed by atoms with Crippen molar-refractivity contribution >= 4 is 11.9 Å². The van der Waals surface area contributed by atoms with Crippen LogP contribution in [0, 0.1) is 0 Å². The molecule has 66 valence electrons. The van der Waals surface area contributed by atoms with E-state index >= 15 is 0 Å². The van der Waals surface area contributed by atoms with E-state index in [1.807, 2.05) is 23.4 Å². The molecule has 3 nitrogen and oxygen atoms in total. The van der Waals surface area contributed by atoms with Gasteiger partial charge in [-0.1, -0.05) is 18.2 Å². The minimum atomic E-state index is 0.134. The lowest BCUT2D eigenvalue weighted by Crippen LogP contribution is -2.33. The molecule has 0 N–H and O–H groups in total. The van der Waals surface area contributed by atoms with E-state index in [2.05, 4.69) is 17.2 Å². The van der Waals surface area contributed by atoms with Crippen molar-refractivity contribution in [3.8, 4) is 0 Å². The summed E-state index contributed by atoms with van der Waals surface area (Å²) in [6.07, 6.45) is 2.94. The van der Waals surface area contributed by atoms with Gasteiger partial charge in [0.05, 0.1) is 12.3 Å². The van der Waals surface area contributed by atoms with Crippen molar-refractivity contribution < 1.29 is 4.74 Å². The van der Waals surface area contributed by atoms with Crippen LogP contribution in [0.5, 0.6) is 0 Å². The smallest absolute Gasteiger partial charge is 0.156 e. The van der Waals surface area contributed by atoms with Crippen LogP contribution in [0.3, 0.4) is 0 Å². The number of hydrogen-bond acceptors (Lipinski definition) is 3. The molecule has 1 atom stereocenters. The van der Waals surface area contributed by atoms with Crippen LogP contribution in [0.1, 0.15) is 12.0 Å². The van der Waals surface area contributed by atoms with Crippen LogP contribution in [0.15, 0.2) is 29.4 Å². The quantitative estimate of drug-likeness (QED) is 0.598. The van der Waals surface area contributed by atoms with Crippen molar-refractivity contribution in [1.29, 1.82) is 0 Å². The first-order valence-corrected chi connectivity index (χ1v) is 4.46. The zero-order chi connectivity index (χ0) is 8.67. The standard InChI is InChI=1S/C10H10N2O/c1-2-4-9-8(3-1)7-13-10-5-6-11-12(9)10/h1-4,6,10H,5,7H2. The van der Waals surface area contributed by atoms with E-state index in [1.165, 1.54) is 11.3 Å². The Labute approximate surface area is 76.6 Å². The van der Waals surface area contributed by atoms with Gasteiger partial charge in [-0.15, -0.1) is 0 Å². The number of nitrogens with zero attached hydrogens (tertiary/aromatic N) is 2. The van der Waals surface area contributed by atoms with Crippen LogP contribution in [-0.2, 0) is 11.3 Å². The van der Waals surface area contributed by atoms with Crippen LogP contribution in [-0.4, -0.2) is 12.4 Å². The van der Waals surface area contributed by atoms with Crippen LogP contribution < -0.4 is 5.01 Å². The number of para-hydroxylation sites is 1. The first-order valence-electron chi connectivity index (χ1n) is 4.46. The number of hydrogen-bond donors (Lipinski definition) is 0. The highest BCUT2D eigenvalue weighted by Gasteiger charge is 2.28. The summed E-state index contributed by atoms with van der Waals surface area (Å²) in [6.45, 7) is 0.709. The molecule has 3 heteroatoms. The van der Waals surface area contributed by atoms with Gasteiger partial charge < -0.3 is 4.74 Å². The van der Waals surface area contributed by atoms with Gasteiger partial charge in [0.25, 0.3) is 0 Å². The largest absolute Gasteiger partial charge is 0.351 e. The van der Waals surface area contributed by atoms with Crippen LogP contribution in [0.25, 0.3) is 0 Å².